The number of benzene rings is 1. The fourth-order valence-corrected chi connectivity index (χ4v) is 3.51. The maximum atomic E-state index is 12.4. The van der Waals surface area contributed by atoms with Crippen molar-refractivity contribution in [1.29, 1.82) is 0 Å². The second-order valence-corrected chi connectivity index (χ2v) is 7.05. The quantitative estimate of drug-likeness (QED) is 0.847. The third kappa shape index (κ3) is 4.48. The summed E-state index contributed by atoms with van der Waals surface area (Å²) in [6.45, 7) is 6.05. The van der Waals surface area contributed by atoms with Crippen molar-refractivity contribution in [2.45, 2.75) is 39.8 Å². The van der Waals surface area contributed by atoms with Crippen LogP contribution in [0.15, 0.2) is 30.3 Å². The molecular weight excluding hydrogens is 344 g/mol. The van der Waals surface area contributed by atoms with E-state index in [4.69, 9.17) is 5.11 Å². The molecule has 2 amide bonds. The Morgan fingerprint density at radius 1 is 1.19 bits per heavy atom. The zero-order valence-electron chi connectivity index (χ0n) is 15.8. The summed E-state index contributed by atoms with van der Waals surface area (Å²) in [6.07, 6.45) is 1.02. The van der Waals surface area contributed by atoms with Crippen LogP contribution in [0.3, 0.4) is 0 Å². The van der Waals surface area contributed by atoms with E-state index in [9.17, 15) is 9.59 Å². The van der Waals surface area contributed by atoms with E-state index in [0.717, 1.165) is 17.0 Å². The van der Waals surface area contributed by atoms with Gasteiger partial charge in [0.05, 0.1) is 18.2 Å². The fourth-order valence-electron chi connectivity index (χ4n) is 3.51. The average molecular weight is 370 g/mol. The number of aryl methyl sites for hydroxylation is 1. The summed E-state index contributed by atoms with van der Waals surface area (Å²) in [5, 5.41) is 16.6. The number of carboxylic acid groups (broad SMARTS) is 1. The maximum Gasteiger partial charge on any atom is 0.317 e. The summed E-state index contributed by atoms with van der Waals surface area (Å²) in [4.78, 5) is 25.1. The van der Waals surface area contributed by atoms with Crippen molar-refractivity contribution < 1.29 is 14.7 Å². The van der Waals surface area contributed by atoms with Crippen LogP contribution in [0.25, 0.3) is 0 Å². The van der Waals surface area contributed by atoms with E-state index >= 15 is 0 Å². The third-order valence-corrected chi connectivity index (χ3v) is 5.25. The Hall–Kier alpha value is -2.83. The smallest absolute Gasteiger partial charge is 0.317 e. The number of nitrogens with one attached hydrogen (secondary N) is 1. The molecule has 1 aliphatic heterocycles. The molecular formula is C20H26N4O3. The number of carbonyl (C=O) groups excluding carboxylic acids is 1. The molecule has 0 bridgehead atoms. The lowest BCUT2D eigenvalue weighted by molar-refractivity contribution is -0.143. The lowest BCUT2D eigenvalue weighted by Crippen LogP contribution is -2.45. The first-order valence-electron chi connectivity index (χ1n) is 9.28. The van der Waals surface area contributed by atoms with Crippen LogP contribution in [-0.2, 0) is 17.9 Å². The predicted octanol–water partition coefficient (Wildman–Crippen LogP) is 2.55. The van der Waals surface area contributed by atoms with Gasteiger partial charge in [-0.15, -0.1) is 0 Å². The molecule has 2 aromatic rings. The number of hydrogen-bond donors (Lipinski definition) is 2. The second kappa shape index (κ2) is 8.24. The minimum atomic E-state index is -0.771. The highest BCUT2D eigenvalue weighted by Gasteiger charge is 2.27. The van der Waals surface area contributed by atoms with E-state index in [-0.39, 0.29) is 11.9 Å². The van der Waals surface area contributed by atoms with Crippen molar-refractivity contribution in [3.63, 3.8) is 0 Å². The Labute approximate surface area is 159 Å². The van der Waals surface area contributed by atoms with Gasteiger partial charge in [-0.25, -0.2) is 4.79 Å². The van der Waals surface area contributed by atoms with Crippen molar-refractivity contribution in [2.75, 3.05) is 13.1 Å². The highest BCUT2D eigenvalue weighted by molar-refractivity contribution is 5.75. The van der Waals surface area contributed by atoms with Crippen LogP contribution < -0.4 is 5.32 Å². The van der Waals surface area contributed by atoms with Gasteiger partial charge in [0.1, 0.15) is 0 Å². The average Bonchev–Trinajstić information content (AvgIpc) is 2.93. The van der Waals surface area contributed by atoms with E-state index < -0.39 is 5.97 Å². The van der Waals surface area contributed by atoms with Gasteiger partial charge in [-0.3, -0.25) is 9.48 Å². The molecule has 2 N–H and O–H groups in total. The number of carboxylic acids is 1. The summed E-state index contributed by atoms with van der Waals surface area (Å²) in [5.74, 6) is -1.11. The zero-order chi connectivity index (χ0) is 19.4. The van der Waals surface area contributed by atoms with Gasteiger partial charge in [0, 0.05) is 30.9 Å². The predicted molar refractivity (Wildman–Crippen MR) is 101 cm³/mol. The summed E-state index contributed by atoms with van der Waals surface area (Å²) in [5.41, 5.74) is 4.16. The number of rotatable bonds is 5. The number of aliphatic carboxylic acids is 1. The lowest BCUT2D eigenvalue weighted by Gasteiger charge is -2.30. The van der Waals surface area contributed by atoms with Gasteiger partial charge in [-0.1, -0.05) is 30.3 Å². The number of carbonyl (C=O) groups is 2. The number of likely N-dealkylation sites (tertiary alicyclic amines) is 1. The highest BCUT2D eigenvalue weighted by Crippen LogP contribution is 2.18. The SMILES string of the molecule is Cc1nn(Cc2ccccc2)c(C)c1CNC(=O)N1CCC(C(=O)O)CC1. The molecule has 1 fully saturated rings. The molecule has 144 valence electrons. The molecule has 0 aliphatic carbocycles. The van der Waals surface area contributed by atoms with E-state index in [1.54, 1.807) is 4.90 Å². The minimum absolute atomic E-state index is 0.145. The molecule has 7 nitrogen and oxygen atoms in total. The molecule has 3 rings (SSSR count). The van der Waals surface area contributed by atoms with Gasteiger partial charge in [-0.05, 0) is 32.3 Å². The Kier molecular flexibility index (Phi) is 5.78. The van der Waals surface area contributed by atoms with Crippen LogP contribution in [0.2, 0.25) is 0 Å². The molecule has 7 heteroatoms. The van der Waals surface area contributed by atoms with Gasteiger partial charge in [0.25, 0.3) is 0 Å². The topological polar surface area (TPSA) is 87.5 Å². The highest BCUT2D eigenvalue weighted by atomic mass is 16.4. The molecule has 1 aromatic carbocycles. The normalized spacial score (nSPS) is 15.0. The van der Waals surface area contributed by atoms with E-state index in [2.05, 4.69) is 22.5 Å². The van der Waals surface area contributed by atoms with Gasteiger partial charge in [-0.2, -0.15) is 5.10 Å². The van der Waals surface area contributed by atoms with E-state index in [1.807, 2.05) is 36.7 Å². The second-order valence-electron chi connectivity index (χ2n) is 7.05. The monoisotopic (exact) mass is 370 g/mol. The molecule has 0 unspecified atom stereocenters. The number of piperidine rings is 1. The van der Waals surface area contributed by atoms with Crippen molar-refractivity contribution in [3.05, 3.63) is 52.8 Å². The molecule has 1 aromatic heterocycles. The molecule has 1 saturated heterocycles. The lowest BCUT2D eigenvalue weighted by atomic mass is 9.97. The molecule has 2 heterocycles. The van der Waals surface area contributed by atoms with E-state index in [0.29, 0.717) is 39.0 Å². The van der Waals surface area contributed by atoms with Crippen LogP contribution in [0.5, 0.6) is 0 Å². The Bertz CT molecular complexity index is 808. The first kappa shape index (κ1) is 18.9. The van der Waals surface area contributed by atoms with Crippen LogP contribution in [0.1, 0.15) is 35.4 Å². The number of amides is 2. The standard InChI is InChI=1S/C20H26N4O3/c1-14-18(15(2)24(22-14)13-16-6-4-3-5-7-16)12-21-20(27)23-10-8-17(9-11-23)19(25)26/h3-7,17H,8-13H2,1-2H3,(H,21,27)(H,25,26). The summed E-state index contributed by atoms with van der Waals surface area (Å²) in [6, 6.07) is 10.0. The van der Waals surface area contributed by atoms with Crippen molar-refractivity contribution in [3.8, 4) is 0 Å². The van der Waals surface area contributed by atoms with Crippen LogP contribution in [-0.4, -0.2) is 44.9 Å². The fraction of sp³-hybridized carbons (Fsp3) is 0.450. The molecule has 1 aliphatic rings. The van der Waals surface area contributed by atoms with Crippen LogP contribution >= 0.6 is 0 Å². The van der Waals surface area contributed by atoms with Gasteiger partial charge >= 0.3 is 12.0 Å². The number of aromatic nitrogens is 2. The molecule has 0 atom stereocenters. The summed E-state index contributed by atoms with van der Waals surface area (Å²) >= 11 is 0. The van der Waals surface area contributed by atoms with Gasteiger partial charge in [0.15, 0.2) is 0 Å². The molecule has 0 spiro atoms. The minimum Gasteiger partial charge on any atom is -0.481 e. The number of nitrogens with zero attached hydrogens (tertiary/aromatic N) is 3. The largest absolute Gasteiger partial charge is 0.481 e. The Balaban J connectivity index is 1.58. The van der Waals surface area contributed by atoms with E-state index in [1.165, 1.54) is 5.56 Å². The molecule has 27 heavy (non-hydrogen) atoms. The summed E-state index contributed by atoms with van der Waals surface area (Å²) < 4.78 is 1.96. The van der Waals surface area contributed by atoms with Gasteiger partial charge < -0.3 is 15.3 Å². The zero-order valence-corrected chi connectivity index (χ0v) is 15.8. The van der Waals surface area contributed by atoms with Crippen molar-refractivity contribution in [1.82, 2.24) is 20.0 Å². The Morgan fingerprint density at radius 3 is 2.48 bits per heavy atom. The number of hydrogen-bond acceptors (Lipinski definition) is 3. The van der Waals surface area contributed by atoms with Crippen molar-refractivity contribution >= 4 is 12.0 Å². The van der Waals surface area contributed by atoms with Gasteiger partial charge in [0.2, 0.25) is 0 Å². The first-order valence-corrected chi connectivity index (χ1v) is 9.28. The Morgan fingerprint density at radius 2 is 1.85 bits per heavy atom. The molecule has 0 saturated carbocycles. The molecule has 0 radical (unpaired) electrons. The van der Waals surface area contributed by atoms with Crippen molar-refractivity contribution in [2.24, 2.45) is 5.92 Å². The summed E-state index contributed by atoms with van der Waals surface area (Å²) in [7, 11) is 0. The first-order chi connectivity index (χ1) is 13.0. The third-order valence-electron chi connectivity index (χ3n) is 5.25. The number of urea groups is 1. The maximum absolute atomic E-state index is 12.4. The van der Waals surface area contributed by atoms with Crippen LogP contribution in [0, 0.1) is 19.8 Å². The van der Waals surface area contributed by atoms with Crippen LogP contribution in [0.4, 0.5) is 4.79 Å².